The van der Waals surface area contributed by atoms with Gasteiger partial charge in [-0.3, -0.25) is 14.6 Å². The molecular formula is C20H17N3O2S. The molecule has 0 bridgehead atoms. The van der Waals surface area contributed by atoms with Crippen LogP contribution >= 0.6 is 11.3 Å². The maximum atomic E-state index is 12.5. The van der Waals surface area contributed by atoms with Crippen LogP contribution in [0.1, 0.15) is 27.9 Å². The second-order valence-corrected chi connectivity index (χ2v) is 6.68. The van der Waals surface area contributed by atoms with Crippen molar-refractivity contribution in [2.45, 2.75) is 13.8 Å². The highest BCUT2D eigenvalue weighted by Gasteiger charge is 2.14. The van der Waals surface area contributed by atoms with Gasteiger partial charge in [0.15, 0.2) is 5.78 Å². The number of amides is 1. The number of rotatable bonds is 5. The first-order chi connectivity index (χ1) is 12.5. The molecule has 0 aliphatic carbocycles. The number of carbonyl (C=O) groups excluding carboxylic acids is 2. The van der Waals surface area contributed by atoms with Crippen LogP contribution in [0.2, 0.25) is 0 Å². The minimum atomic E-state index is -0.117. The molecule has 130 valence electrons. The zero-order valence-corrected chi connectivity index (χ0v) is 15.2. The molecular weight excluding hydrogens is 346 g/mol. The number of aromatic nitrogens is 2. The van der Waals surface area contributed by atoms with Gasteiger partial charge in [-0.25, -0.2) is 4.98 Å². The highest BCUT2D eigenvalue weighted by molar-refractivity contribution is 7.17. The Labute approximate surface area is 155 Å². The molecule has 2 aromatic heterocycles. The third-order valence-electron chi connectivity index (χ3n) is 3.59. The summed E-state index contributed by atoms with van der Waals surface area (Å²) < 4.78 is 0. The average molecular weight is 363 g/mol. The largest absolute Gasteiger partial charge is 0.326 e. The third-order valence-corrected chi connectivity index (χ3v) is 4.81. The van der Waals surface area contributed by atoms with Crippen molar-refractivity contribution in [3.8, 4) is 10.6 Å². The minimum Gasteiger partial charge on any atom is -0.326 e. The van der Waals surface area contributed by atoms with Gasteiger partial charge in [0.1, 0.15) is 5.01 Å². The highest BCUT2D eigenvalue weighted by atomic mass is 32.1. The molecule has 5 nitrogen and oxygen atoms in total. The summed E-state index contributed by atoms with van der Waals surface area (Å²) in [7, 11) is 0. The van der Waals surface area contributed by atoms with Crippen LogP contribution in [-0.2, 0) is 4.79 Å². The lowest BCUT2D eigenvalue weighted by atomic mass is 10.1. The van der Waals surface area contributed by atoms with E-state index in [0.717, 1.165) is 21.8 Å². The molecule has 3 rings (SSSR count). The topological polar surface area (TPSA) is 72.0 Å². The fourth-order valence-corrected chi connectivity index (χ4v) is 3.34. The number of benzene rings is 1. The lowest BCUT2D eigenvalue weighted by Gasteiger charge is -2.01. The number of anilines is 1. The van der Waals surface area contributed by atoms with Crippen LogP contribution < -0.4 is 5.32 Å². The Morgan fingerprint density at radius 2 is 1.92 bits per heavy atom. The van der Waals surface area contributed by atoms with Crippen LogP contribution in [0, 0.1) is 6.92 Å². The zero-order valence-electron chi connectivity index (χ0n) is 14.4. The summed E-state index contributed by atoms with van der Waals surface area (Å²) in [6.45, 7) is 3.29. The number of carbonyl (C=O) groups is 2. The number of nitrogens with one attached hydrogen (secondary N) is 1. The van der Waals surface area contributed by atoms with Gasteiger partial charge in [0, 0.05) is 30.6 Å². The molecule has 1 aromatic carbocycles. The second kappa shape index (κ2) is 7.84. The van der Waals surface area contributed by atoms with Gasteiger partial charge in [0.25, 0.3) is 0 Å². The van der Waals surface area contributed by atoms with Crippen molar-refractivity contribution in [2.24, 2.45) is 0 Å². The molecule has 0 radical (unpaired) electrons. The van der Waals surface area contributed by atoms with E-state index in [-0.39, 0.29) is 11.7 Å². The first kappa shape index (κ1) is 17.7. The maximum absolute atomic E-state index is 12.5. The summed E-state index contributed by atoms with van der Waals surface area (Å²) in [5.74, 6) is -0.199. The first-order valence-electron chi connectivity index (χ1n) is 8.01. The van der Waals surface area contributed by atoms with Crippen LogP contribution in [0.5, 0.6) is 0 Å². The van der Waals surface area contributed by atoms with Crippen molar-refractivity contribution < 1.29 is 9.59 Å². The van der Waals surface area contributed by atoms with Gasteiger partial charge in [0.2, 0.25) is 5.91 Å². The SMILES string of the molecule is CC(=O)Nc1ccc(/C=C\C(=O)c2sc(-c3cccnc3)nc2C)cc1. The maximum Gasteiger partial charge on any atom is 0.221 e. The summed E-state index contributed by atoms with van der Waals surface area (Å²) in [6, 6.07) is 11.0. The van der Waals surface area contributed by atoms with E-state index in [2.05, 4.69) is 15.3 Å². The number of hydrogen-bond acceptors (Lipinski definition) is 5. The van der Waals surface area contributed by atoms with E-state index in [1.165, 1.54) is 18.3 Å². The fraction of sp³-hybridized carbons (Fsp3) is 0.100. The number of hydrogen-bond donors (Lipinski definition) is 1. The van der Waals surface area contributed by atoms with Crippen LogP contribution in [0.15, 0.2) is 54.9 Å². The summed E-state index contributed by atoms with van der Waals surface area (Å²) in [5, 5.41) is 3.49. The van der Waals surface area contributed by atoms with Gasteiger partial charge < -0.3 is 5.32 Å². The standard InChI is InChI=1S/C20H17N3O2S/c1-13-19(26-20(22-13)16-4-3-11-21-12-16)18(25)10-7-15-5-8-17(9-6-15)23-14(2)24/h3-12H,1-2H3,(H,23,24)/b10-7-. The molecule has 3 aromatic rings. The number of thiazole rings is 1. The fourth-order valence-electron chi connectivity index (χ4n) is 2.37. The first-order valence-corrected chi connectivity index (χ1v) is 8.82. The van der Waals surface area contributed by atoms with Gasteiger partial charge in [-0.15, -0.1) is 11.3 Å². The highest BCUT2D eigenvalue weighted by Crippen LogP contribution is 2.28. The van der Waals surface area contributed by atoms with Gasteiger partial charge in [0.05, 0.1) is 10.6 Å². The van der Waals surface area contributed by atoms with E-state index in [9.17, 15) is 9.59 Å². The van der Waals surface area contributed by atoms with Gasteiger partial charge in [-0.1, -0.05) is 18.2 Å². The van der Waals surface area contributed by atoms with E-state index >= 15 is 0 Å². The van der Waals surface area contributed by atoms with E-state index in [1.807, 2.05) is 31.2 Å². The van der Waals surface area contributed by atoms with Crippen molar-refractivity contribution in [3.05, 3.63) is 71.0 Å². The molecule has 0 saturated carbocycles. The third kappa shape index (κ3) is 4.29. The van der Waals surface area contributed by atoms with Crippen LogP contribution in [-0.4, -0.2) is 21.7 Å². The second-order valence-electron chi connectivity index (χ2n) is 5.68. The number of pyridine rings is 1. The van der Waals surface area contributed by atoms with Crippen molar-refractivity contribution in [1.82, 2.24) is 9.97 Å². The predicted molar refractivity (Wildman–Crippen MR) is 104 cm³/mol. The summed E-state index contributed by atoms with van der Waals surface area (Å²) in [6.07, 6.45) is 6.73. The number of ketones is 1. The molecule has 1 N–H and O–H groups in total. The zero-order chi connectivity index (χ0) is 18.5. The molecule has 2 heterocycles. The monoisotopic (exact) mass is 363 g/mol. The molecule has 0 atom stereocenters. The Bertz CT molecular complexity index is 960. The molecule has 0 spiro atoms. The number of allylic oxidation sites excluding steroid dienone is 1. The molecule has 26 heavy (non-hydrogen) atoms. The molecule has 6 heteroatoms. The minimum absolute atomic E-state index is 0.0823. The molecule has 1 amide bonds. The van der Waals surface area contributed by atoms with Crippen LogP contribution in [0.3, 0.4) is 0 Å². The van der Waals surface area contributed by atoms with Crippen LogP contribution in [0.25, 0.3) is 16.6 Å². The Morgan fingerprint density at radius 1 is 1.15 bits per heavy atom. The lowest BCUT2D eigenvalue weighted by Crippen LogP contribution is -2.05. The summed E-state index contributed by atoms with van der Waals surface area (Å²) >= 11 is 1.37. The van der Waals surface area contributed by atoms with Gasteiger partial charge >= 0.3 is 0 Å². The van der Waals surface area contributed by atoms with Gasteiger partial charge in [-0.05, 0) is 42.8 Å². The quantitative estimate of drug-likeness (QED) is 0.540. The Kier molecular flexibility index (Phi) is 5.34. The Balaban J connectivity index is 1.75. The van der Waals surface area contributed by atoms with Crippen molar-refractivity contribution in [1.29, 1.82) is 0 Å². The molecule has 0 aliphatic rings. The number of aryl methyl sites for hydroxylation is 1. The molecule has 0 unspecified atom stereocenters. The average Bonchev–Trinajstić information content (AvgIpc) is 3.03. The summed E-state index contributed by atoms with van der Waals surface area (Å²) in [4.78, 5) is 32.7. The van der Waals surface area contributed by atoms with E-state index < -0.39 is 0 Å². The summed E-state index contributed by atoms with van der Waals surface area (Å²) in [5.41, 5.74) is 3.21. The van der Waals surface area contributed by atoms with E-state index in [0.29, 0.717) is 10.6 Å². The Hall–Kier alpha value is -3.12. The number of nitrogens with zero attached hydrogens (tertiary/aromatic N) is 2. The molecule has 0 fully saturated rings. The lowest BCUT2D eigenvalue weighted by molar-refractivity contribution is -0.114. The Morgan fingerprint density at radius 3 is 2.58 bits per heavy atom. The van der Waals surface area contributed by atoms with E-state index in [1.54, 1.807) is 36.7 Å². The normalized spacial score (nSPS) is 10.8. The van der Waals surface area contributed by atoms with Crippen molar-refractivity contribution in [2.75, 3.05) is 5.32 Å². The van der Waals surface area contributed by atoms with Crippen molar-refractivity contribution in [3.63, 3.8) is 0 Å². The smallest absolute Gasteiger partial charge is 0.221 e. The molecule has 0 saturated heterocycles. The predicted octanol–water partition coefficient (Wildman–Crippen LogP) is 4.37. The van der Waals surface area contributed by atoms with Gasteiger partial charge in [-0.2, -0.15) is 0 Å². The van der Waals surface area contributed by atoms with E-state index in [4.69, 9.17) is 0 Å². The van der Waals surface area contributed by atoms with Crippen molar-refractivity contribution >= 4 is 34.8 Å². The van der Waals surface area contributed by atoms with Crippen LogP contribution in [0.4, 0.5) is 5.69 Å². The molecule has 0 aliphatic heterocycles.